The summed E-state index contributed by atoms with van der Waals surface area (Å²) in [5, 5.41) is 5.98. The average molecular weight is 706 g/mol. The van der Waals surface area contributed by atoms with E-state index in [4.69, 9.17) is 9.97 Å². The molecule has 3 nitrogen and oxygen atoms in total. The normalized spacial score (nSPS) is 11.7. The van der Waals surface area contributed by atoms with Gasteiger partial charge in [-0.25, -0.2) is 9.97 Å². The number of hydrogen-bond acceptors (Lipinski definition) is 3. The summed E-state index contributed by atoms with van der Waals surface area (Å²) in [6.45, 7) is 0. The highest BCUT2D eigenvalue weighted by Crippen LogP contribution is 2.43. The summed E-state index contributed by atoms with van der Waals surface area (Å²) in [4.78, 5) is 10.7. The lowest BCUT2D eigenvalue weighted by molar-refractivity contribution is 1.01. The lowest BCUT2D eigenvalue weighted by Crippen LogP contribution is -2.04. The van der Waals surface area contributed by atoms with Gasteiger partial charge in [0.2, 0.25) is 5.95 Å². The van der Waals surface area contributed by atoms with Crippen LogP contribution in [0.5, 0.6) is 0 Å². The third kappa shape index (κ3) is 4.96. The number of nitrogens with zero attached hydrogens (tertiary/aromatic N) is 3. The van der Waals surface area contributed by atoms with Gasteiger partial charge in [-0.2, -0.15) is 0 Å². The maximum atomic E-state index is 5.39. The standard InChI is InChI=1S/C50H31N3S/c1-3-14-32(15-4-1)37-29-42(36-19-13-18-34(28-36)35-26-27-40-39-21-9-12-25-46(39)54-47(40)31-35)49-43(30-37)38-20-8-11-24-45(38)53(49)50-51-44-23-10-7-22-41(44)48(52-50)33-16-5-2-6-17-33/h1-31H. The van der Waals surface area contributed by atoms with Crippen molar-refractivity contribution in [1.29, 1.82) is 0 Å². The first-order valence-corrected chi connectivity index (χ1v) is 19.1. The molecule has 252 valence electrons. The van der Waals surface area contributed by atoms with Gasteiger partial charge < -0.3 is 0 Å². The largest absolute Gasteiger partial charge is 0.277 e. The molecular weight excluding hydrogens is 675 g/mol. The SMILES string of the molecule is c1ccc(-c2cc(-c3cccc(-c4ccc5c(c4)sc4ccccc45)c3)c3c(c2)c2ccccc2n3-c2nc(-c3ccccc3)c3ccccc3n2)cc1. The van der Waals surface area contributed by atoms with E-state index in [2.05, 4.69) is 187 Å². The predicted octanol–water partition coefficient (Wildman–Crippen LogP) is 13.8. The first kappa shape index (κ1) is 30.7. The van der Waals surface area contributed by atoms with Gasteiger partial charge in [0.25, 0.3) is 0 Å². The molecule has 54 heavy (non-hydrogen) atoms. The Morgan fingerprint density at radius 1 is 0.370 bits per heavy atom. The Balaban J connectivity index is 1.20. The van der Waals surface area contributed by atoms with E-state index in [1.54, 1.807) is 0 Å². The third-order valence-corrected chi connectivity index (χ3v) is 11.7. The minimum absolute atomic E-state index is 0.652. The van der Waals surface area contributed by atoms with E-state index in [9.17, 15) is 0 Å². The molecule has 0 aliphatic rings. The summed E-state index contributed by atoms with van der Waals surface area (Å²) in [6, 6.07) is 67.4. The number of rotatable bonds is 5. The highest BCUT2D eigenvalue weighted by molar-refractivity contribution is 7.25. The van der Waals surface area contributed by atoms with Crippen LogP contribution >= 0.6 is 11.3 Å². The van der Waals surface area contributed by atoms with Crippen LogP contribution in [0, 0.1) is 0 Å². The van der Waals surface area contributed by atoms with Crippen LogP contribution in [0.1, 0.15) is 0 Å². The van der Waals surface area contributed by atoms with Crippen molar-refractivity contribution in [3.63, 3.8) is 0 Å². The predicted molar refractivity (Wildman–Crippen MR) is 229 cm³/mol. The Labute approximate surface area is 316 Å². The zero-order valence-electron chi connectivity index (χ0n) is 29.1. The molecule has 0 saturated heterocycles. The van der Waals surface area contributed by atoms with Gasteiger partial charge in [0.1, 0.15) is 0 Å². The number of fused-ring (bicyclic) bond motifs is 7. The maximum absolute atomic E-state index is 5.39. The topological polar surface area (TPSA) is 30.7 Å². The zero-order valence-corrected chi connectivity index (χ0v) is 30.0. The quantitative estimate of drug-likeness (QED) is 0.178. The van der Waals surface area contributed by atoms with Gasteiger partial charge in [-0.05, 0) is 70.3 Å². The Morgan fingerprint density at radius 2 is 1.02 bits per heavy atom. The molecule has 3 aromatic heterocycles. The minimum Gasteiger partial charge on any atom is -0.277 e. The fourth-order valence-corrected chi connectivity index (χ4v) is 9.22. The molecule has 0 fully saturated rings. The molecule has 0 atom stereocenters. The van der Waals surface area contributed by atoms with Crippen LogP contribution in [0.15, 0.2) is 188 Å². The van der Waals surface area contributed by atoms with E-state index in [1.807, 2.05) is 17.4 Å². The van der Waals surface area contributed by atoms with Crippen LogP contribution in [-0.2, 0) is 0 Å². The van der Waals surface area contributed by atoms with Crippen molar-refractivity contribution in [3.8, 4) is 50.6 Å². The lowest BCUT2D eigenvalue weighted by atomic mass is 9.93. The van der Waals surface area contributed by atoms with Crippen molar-refractivity contribution in [1.82, 2.24) is 14.5 Å². The smallest absolute Gasteiger partial charge is 0.235 e. The molecule has 0 unspecified atom stereocenters. The van der Waals surface area contributed by atoms with E-state index in [0.29, 0.717) is 5.95 Å². The first-order valence-electron chi connectivity index (χ1n) is 18.2. The van der Waals surface area contributed by atoms with Crippen LogP contribution in [0.25, 0.3) is 103 Å². The molecule has 3 heterocycles. The molecule has 0 bridgehead atoms. The molecular formula is C50H31N3S. The Hall–Kier alpha value is -6.88. The Bertz CT molecular complexity index is 3210. The first-order chi connectivity index (χ1) is 26.8. The highest BCUT2D eigenvalue weighted by Gasteiger charge is 2.22. The molecule has 0 aliphatic heterocycles. The molecule has 11 aromatic rings. The summed E-state index contributed by atoms with van der Waals surface area (Å²) >= 11 is 1.86. The Kier molecular flexibility index (Phi) is 7.04. The van der Waals surface area contributed by atoms with Crippen molar-refractivity contribution in [2.75, 3.05) is 0 Å². The minimum atomic E-state index is 0.652. The average Bonchev–Trinajstić information content (AvgIpc) is 3.79. The number of aromatic nitrogens is 3. The maximum Gasteiger partial charge on any atom is 0.235 e. The molecule has 4 heteroatoms. The van der Waals surface area contributed by atoms with Crippen molar-refractivity contribution in [3.05, 3.63) is 188 Å². The van der Waals surface area contributed by atoms with E-state index in [-0.39, 0.29) is 0 Å². The van der Waals surface area contributed by atoms with Crippen LogP contribution in [0.2, 0.25) is 0 Å². The number of benzene rings is 8. The molecule has 0 spiro atoms. The van der Waals surface area contributed by atoms with Crippen LogP contribution in [0.3, 0.4) is 0 Å². The molecule has 8 aromatic carbocycles. The number of hydrogen-bond donors (Lipinski definition) is 0. The summed E-state index contributed by atoms with van der Waals surface area (Å²) in [7, 11) is 0. The molecule has 0 aliphatic carbocycles. The van der Waals surface area contributed by atoms with Gasteiger partial charge in [-0.1, -0.05) is 146 Å². The van der Waals surface area contributed by atoms with Gasteiger partial charge in [0, 0.05) is 47.5 Å². The Morgan fingerprint density at radius 3 is 1.87 bits per heavy atom. The van der Waals surface area contributed by atoms with Crippen LogP contribution in [0.4, 0.5) is 0 Å². The van der Waals surface area contributed by atoms with E-state index in [1.165, 1.54) is 42.4 Å². The van der Waals surface area contributed by atoms with E-state index < -0.39 is 0 Å². The van der Waals surface area contributed by atoms with Gasteiger partial charge in [-0.15, -0.1) is 11.3 Å². The van der Waals surface area contributed by atoms with Crippen LogP contribution in [-0.4, -0.2) is 14.5 Å². The molecule has 11 rings (SSSR count). The van der Waals surface area contributed by atoms with Crippen molar-refractivity contribution in [2.45, 2.75) is 0 Å². The molecule has 0 saturated carbocycles. The molecule has 0 N–H and O–H groups in total. The lowest BCUT2D eigenvalue weighted by Gasteiger charge is -2.15. The monoisotopic (exact) mass is 705 g/mol. The highest BCUT2D eigenvalue weighted by atomic mass is 32.1. The van der Waals surface area contributed by atoms with E-state index >= 15 is 0 Å². The zero-order chi connectivity index (χ0) is 35.6. The van der Waals surface area contributed by atoms with Crippen LogP contribution < -0.4 is 0 Å². The number of para-hydroxylation sites is 2. The third-order valence-electron chi connectivity index (χ3n) is 10.6. The second kappa shape index (κ2) is 12.4. The summed E-state index contributed by atoms with van der Waals surface area (Å²) in [5.41, 5.74) is 12.1. The summed E-state index contributed by atoms with van der Waals surface area (Å²) in [6.07, 6.45) is 0. The fourth-order valence-electron chi connectivity index (χ4n) is 8.07. The van der Waals surface area contributed by atoms with Gasteiger partial charge in [0.05, 0.1) is 22.2 Å². The second-order valence-corrected chi connectivity index (χ2v) is 14.9. The van der Waals surface area contributed by atoms with Gasteiger partial charge in [-0.3, -0.25) is 4.57 Å². The van der Waals surface area contributed by atoms with Gasteiger partial charge >= 0.3 is 0 Å². The van der Waals surface area contributed by atoms with Crippen molar-refractivity contribution in [2.24, 2.45) is 0 Å². The number of thiophene rings is 1. The summed E-state index contributed by atoms with van der Waals surface area (Å²) in [5.74, 6) is 0.652. The molecule has 0 amide bonds. The van der Waals surface area contributed by atoms with Gasteiger partial charge in [0.15, 0.2) is 0 Å². The fraction of sp³-hybridized carbons (Fsp3) is 0. The summed E-state index contributed by atoms with van der Waals surface area (Å²) < 4.78 is 4.90. The molecule has 0 radical (unpaired) electrons. The van der Waals surface area contributed by atoms with E-state index in [0.717, 1.165) is 55.1 Å². The van der Waals surface area contributed by atoms with Crippen molar-refractivity contribution < 1.29 is 0 Å². The second-order valence-electron chi connectivity index (χ2n) is 13.8. The van der Waals surface area contributed by atoms with Crippen molar-refractivity contribution >= 4 is 64.2 Å².